The molecule has 108 valence electrons. The summed E-state index contributed by atoms with van der Waals surface area (Å²) in [6, 6.07) is 15.0. The molecule has 3 rings (SSSR count). The quantitative estimate of drug-likeness (QED) is 0.531. The average molecular weight is 321 g/mol. The van der Waals surface area contributed by atoms with E-state index in [2.05, 4.69) is 0 Å². The van der Waals surface area contributed by atoms with Gasteiger partial charge in [0.15, 0.2) is 0 Å². The number of halogens is 1. The summed E-state index contributed by atoms with van der Waals surface area (Å²) in [6.45, 7) is 1.70. The van der Waals surface area contributed by atoms with Crippen molar-refractivity contribution >= 4 is 43.3 Å². The molecule has 0 radical (unpaired) electrons. The monoisotopic (exact) mass is 320 g/mol. The minimum Gasteiger partial charge on any atom is -0.267 e. The number of benzene rings is 3. The van der Waals surface area contributed by atoms with Crippen LogP contribution in [0.1, 0.15) is 6.92 Å². The molecule has 0 fully saturated rings. The Labute approximate surface area is 128 Å². The first-order valence-corrected chi connectivity index (χ1v) is 8.32. The molecule has 0 heterocycles. The third kappa shape index (κ3) is 2.50. The van der Waals surface area contributed by atoms with E-state index in [1.165, 1.54) is 0 Å². The molecule has 5 heteroatoms. The predicted octanol–water partition coefficient (Wildman–Crippen LogP) is 4.37. The Bertz CT molecular complexity index is 933. The third-order valence-corrected chi connectivity index (χ3v) is 5.22. The van der Waals surface area contributed by atoms with Gasteiger partial charge in [-0.1, -0.05) is 41.9 Å². The van der Waals surface area contributed by atoms with Crippen LogP contribution in [-0.2, 0) is 14.3 Å². The van der Waals surface area contributed by atoms with Crippen molar-refractivity contribution in [2.45, 2.75) is 11.8 Å². The van der Waals surface area contributed by atoms with Gasteiger partial charge in [0, 0.05) is 5.39 Å². The smallest absolute Gasteiger partial charge is 0.267 e. The Morgan fingerprint density at radius 1 is 1.00 bits per heavy atom. The number of hydrogen-bond acceptors (Lipinski definition) is 3. The van der Waals surface area contributed by atoms with Gasteiger partial charge in [-0.05, 0) is 41.3 Å². The van der Waals surface area contributed by atoms with Gasteiger partial charge in [-0.15, -0.1) is 0 Å². The molecule has 0 spiro atoms. The summed E-state index contributed by atoms with van der Waals surface area (Å²) in [5.41, 5.74) is 0. The van der Waals surface area contributed by atoms with E-state index in [-0.39, 0.29) is 16.5 Å². The predicted molar refractivity (Wildman–Crippen MR) is 85.3 cm³/mol. The molecule has 21 heavy (non-hydrogen) atoms. The van der Waals surface area contributed by atoms with E-state index in [1.807, 2.05) is 42.5 Å². The zero-order chi connectivity index (χ0) is 15.0. The highest BCUT2D eigenvalue weighted by atomic mass is 35.5. The number of hydrogen-bond donors (Lipinski definition) is 0. The molecule has 3 aromatic rings. The molecule has 0 atom stereocenters. The van der Waals surface area contributed by atoms with Crippen LogP contribution in [0.3, 0.4) is 0 Å². The molecule has 0 aliphatic rings. The van der Waals surface area contributed by atoms with Gasteiger partial charge in [0.2, 0.25) is 0 Å². The van der Waals surface area contributed by atoms with Crippen LogP contribution in [-0.4, -0.2) is 15.0 Å². The van der Waals surface area contributed by atoms with Gasteiger partial charge in [0.25, 0.3) is 10.1 Å². The summed E-state index contributed by atoms with van der Waals surface area (Å²) in [4.78, 5) is 0.0364. The van der Waals surface area contributed by atoms with E-state index >= 15 is 0 Å². The van der Waals surface area contributed by atoms with Crippen molar-refractivity contribution in [1.82, 2.24) is 0 Å². The van der Waals surface area contributed by atoms with Crippen molar-refractivity contribution in [3.63, 3.8) is 0 Å². The van der Waals surface area contributed by atoms with Gasteiger partial charge in [-0.3, -0.25) is 4.18 Å². The summed E-state index contributed by atoms with van der Waals surface area (Å²) in [7, 11) is -3.87. The van der Waals surface area contributed by atoms with Gasteiger partial charge >= 0.3 is 0 Å². The summed E-state index contributed by atoms with van der Waals surface area (Å²) in [5, 5.41) is 3.57. The Balaban J connectivity index is 2.42. The molecule has 0 aliphatic carbocycles. The van der Waals surface area contributed by atoms with Crippen LogP contribution in [0.25, 0.3) is 21.5 Å². The minimum absolute atomic E-state index is 0.0364. The first-order valence-electron chi connectivity index (χ1n) is 6.53. The molecular weight excluding hydrogens is 308 g/mol. The van der Waals surface area contributed by atoms with Crippen molar-refractivity contribution in [1.29, 1.82) is 0 Å². The van der Waals surface area contributed by atoms with Crippen molar-refractivity contribution < 1.29 is 12.6 Å². The van der Waals surface area contributed by atoms with Crippen LogP contribution in [0.2, 0.25) is 5.02 Å². The fraction of sp³-hybridized carbons (Fsp3) is 0.125. The van der Waals surface area contributed by atoms with Gasteiger partial charge in [0.1, 0.15) is 4.90 Å². The minimum atomic E-state index is -3.87. The zero-order valence-electron chi connectivity index (χ0n) is 11.3. The number of fused-ring (bicyclic) bond motifs is 2. The fourth-order valence-electron chi connectivity index (χ4n) is 2.43. The van der Waals surface area contributed by atoms with Crippen LogP contribution in [0.5, 0.6) is 0 Å². The normalized spacial score (nSPS) is 12.1. The second kappa shape index (κ2) is 5.30. The van der Waals surface area contributed by atoms with E-state index in [0.717, 1.165) is 16.2 Å². The lowest BCUT2D eigenvalue weighted by Crippen LogP contribution is -2.07. The Morgan fingerprint density at radius 3 is 2.33 bits per heavy atom. The van der Waals surface area contributed by atoms with Crippen LogP contribution in [0.15, 0.2) is 53.4 Å². The molecule has 0 aliphatic heterocycles. The molecule has 0 bridgehead atoms. The van der Waals surface area contributed by atoms with Gasteiger partial charge < -0.3 is 0 Å². The summed E-state index contributed by atoms with van der Waals surface area (Å²) >= 11 is 6.12. The maximum Gasteiger partial charge on any atom is 0.299 e. The van der Waals surface area contributed by atoms with Crippen LogP contribution < -0.4 is 0 Å². The summed E-state index contributed by atoms with van der Waals surface area (Å²) < 4.78 is 29.5. The molecule has 0 saturated carbocycles. The second-order valence-electron chi connectivity index (χ2n) is 4.66. The van der Waals surface area contributed by atoms with Crippen LogP contribution in [0, 0.1) is 0 Å². The average Bonchev–Trinajstić information content (AvgIpc) is 2.44. The summed E-state index contributed by atoms with van der Waals surface area (Å²) in [5.74, 6) is 0. The van der Waals surface area contributed by atoms with E-state index < -0.39 is 10.1 Å². The highest BCUT2D eigenvalue weighted by Gasteiger charge is 2.22. The maximum absolute atomic E-state index is 12.3. The Hall–Kier alpha value is -1.62. The van der Waals surface area contributed by atoms with Crippen molar-refractivity contribution in [3.8, 4) is 0 Å². The third-order valence-electron chi connectivity index (χ3n) is 3.31. The molecule has 0 N–H and O–H groups in total. The zero-order valence-corrected chi connectivity index (χ0v) is 12.9. The van der Waals surface area contributed by atoms with Crippen LogP contribution >= 0.6 is 11.6 Å². The van der Waals surface area contributed by atoms with E-state index in [9.17, 15) is 8.42 Å². The maximum atomic E-state index is 12.3. The Kier molecular flexibility index (Phi) is 3.61. The summed E-state index contributed by atoms with van der Waals surface area (Å²) in [6.07, 6.45) is 0. The van der Waals surface area contributed by atoms with Gasteiger partial charge in [-0.25, -0.2) is 0 Å². The van der Waals surface area contributed by atoms with Crippen molar-refractivity contribution in [2.24, 2.45) is 0 Å². The standard InChI is InChI=1S/C16H13ClO3S/c1-2-20-21(18,19)16-14-10-12-6-4-3-5-11(12)9-13(14)7-8-15(16)17/h3-10H,2H2,1H3. The van der Waals surface area contributed by atoms with Crippen molar-refractivity contribution in [3.05, 3.63) is 53.6 Å². The molecule has 3 nitrogen and oxygen atoms in total. The van der Waals surface area contributed by atoms with Crippen LogP contribution in [0.4, 0.5) is 0 Å². The molecule has 0 saturated heterocycles. The topological polar surface area (TPSA) is 43.4 Å². The molecule has 0 aromatic heterocycles. The highest BCUT2D eigenvalue weighted by Crippen LogP contribution is 2.34. The lowest BCUT2D eigenvalue weighted by Gasteiger charge is -2.10. The number of rotatable bonds is 3. The largest absolute Gasteiger partial charge is 0.299 e. The first-order chi connectivity index (χ1) is 10.0. The van der Waals surface area contributed by atoms with Gasteiger partial charge in [0.05, 0.1) is 11.6 Å². The first kappa shape index (κ1) is 14.3. The van der Waals surface area contributed by atoms with E-state index in [1.54, 1.807) is 13.0 Å². The van der Waals surface area contributed by atoms with Gasteiger partial charge in [-0.2, -0.15) is 8.42 Å². The molecular formula is C16H13ClO3S. The van der Waals surface area contributed by atoms with Crippen molar-refractivity contribution in [2.75, 3.05) is 6.61 Å². The van der Waals surface area contributed by atoms with E-state index in [4.69, 9.17) is 15.8 Å². The lowest BCUT2D eigenvalue weighted by atomic mass is 10.0. The lowest BCUT2D eigenvalue weighted by molar-refractivity contribution is 0.338. The molecule has 3 aromatic carbocycles. The fourth-order valence-corrected chi connectivity index (χ4v) is 4.06. The highest BCUT2D eigenvalue weighted by molar-refractivity contribution is 7.87. The second-order valence-corrected chi connectivity index (χ2v) is 6.62. The van der Waals surface area contributed by atoms with E-state index in [0.29, 0.717) is 5.39 Å². The SMILES string of the molecule is CCOS(=O)(=O)c1c(Cl)ccc2cc3ccccc3cc12. The Morgan fingerprint density at radius 2 is 1.67 bits per heavy atom. The molecule has 0 amide bonds. The molecule has 0 unspecified atom stereocenters.